The first-order valence-electron chi connectivity index (χ1n) is 5.28. The van der Waals surface area contributed by atoms with E-state index < -0.39 is 0 Å². The summed E-state index contributed by atoms with van der Waals surface area (Å²) in [5.74, 6) is 0.164. The van der Waals surface area contributed by atoms with Crippen LogP contribution in [0.15, 0.2) is 0 Å². The lowest BCUT2D eigenvalue weighted by Gasteiger charge is -2.29. The van der Waals surface area contributed by atoms with Crippen molar-refractivity contribution in [2.45, 2.75) is 6.42 Å². The highest BCUT2D eigenvalue weighted by Gasteiger charge is 2.16. The highest BCUT2D eigenvalue weighted by Crippen LogP contribution is 1.95. The number of carbonyl (C=O) groups excluding carboxylic acids is 1. The topological polar surface area (TPSA) is 59.4 Å². The van der Waals surface area contributed by atoms with Crippen LogP contribution in [0.1, 0.15) is 6.42 Å². The molecule has 1 fully saturated rings. The van der Waals surface area contributed by atoms with E-state index in [0.717, 1.165) is 26.2 Å². The number of nitriles is 1. The van der Waals surface area contributed by atoms with E-state index in [-0.39, 0.29) is 5.91 Å². The minimum Gasteiger partial charge on any atom is -0.339 e. The van der Waals surface area contributed by atoms with Gasteiger partial charge in [-0.15, -0.1) is 0 Å². The molecule has 84 valence electrons. The van der Waals surface area contributed by atoms with Gasteiger partial charge in [-0.05, 0) is 7.05 Å². The van der Waals surface area contributed by atoms with E-state index in [1.807, 2.05) is 16.8 Å². The van der Waals surface area contributed by atoms with E-state index in [1.54, 1.807) is 0 Å². The number of rotatable bonds is 4. The van der Waals surface area contributed by atoms with Crippen LogP contribution in [-0.4, -0.2) is 62.0 Å². The molecular weight excluding hydrogens is 192 g/mol. The molecule has 0 aromatic rings. The Labute approximate surface area is 90.6 Å². The molecule has 1 saturated heterocycles. The van der Waals surface area contributed by atoms with Crippen LogP contribution in [-0.2, 0) is 4.79 Å². The van der Waals surface area contributed by atoms with Crippen molar-refractivity contribution in [3.05, 3.63) is 0 Å². The van der Waals surface area contributed by atoms with Crippen LogP contribution in [0.4, 0.5) is 0 Å². The van der Waals surface area contributed by atoms with Crippen molar-refractivity contribution < 1.29 is 4.79 Å². The summed E-state index contributed by atoms with van der Waals surface area (Å²) in [5, 5.41) is 11.6. The fraction of sp³-hybridized carbons (Fsp3) is 0.800. The second kappa shape index (κ2) is 6.38. The maximum atomic E-state index is 11.7. The number of nitrogens with one attached hydrogen (secondary N) is 1. The molecule has 1 N–H and O–H groups in total. The summed E-state index contributed by atoms with van der Waals surface area (Å²) in [6, 6.07) is 2.07. The van der Waals surface area contributed by atoms with Gasteiger partial charge in [-0.1, -0.05) is 0 Å². The smallest absolute Gasteiger partial charge is 0.236 e. The lowest BCUT2D eigenvalue weighted by atomic mass is 10.3. The highest BCUT2D eigenvalue weighted by molar-refractivity contribution is 5.78. The average Bonchev–Trinajstić information content (AvgIpc) is 2.27. The van der Waals surface area contributed by atoms with Gasteiger partial charge in [0.15, 0.2) is 0 Å². The molecule has 1 rings (SSSR count). The minimum atomic E-state index is 0.164. The highest BCUT2D eigenvalue weighted by atomic mass is 16.2. The number of hydrogen-bond donors (Lipinski definition) is 1. The molecule has 0 spiro atoms. The quantitative estimate of drug-likeness (QED) is 0.664. The molecule has 1 aliphatic heterocycles. The van der Waals surface area contributed by atoms with Gasteiger partial charge < -0.3 is 10.2 Å². The van der Waals surface area contributed by atoms with E-state index in [4.69, 9.17) is 5.26 Å². The first-order chi connectivity index (χ1) is 7.24. The normalized spacial score (nSPS) is 16.5. The van der Waals surface area contributed by atoms with Gasteiger partial charge in [0.2, 0.25) is 5.91 Å². The van der Waals surface area contributed by atoms with Crippen LogP contribution in [0.25, 0.3) is 0 Å². The lowest BCUT2D eigenvalue weighted by molar-refractivity contribution is -0.132. The van der Waals surface area contributed by atoms with Gasteiger partial charge in [0.25, 0.3) is 0 Å². The largest absolute Gasteiger partial charge is 0.339 e. The molecule has 0 bridgehead atoms. The van der Waals surface area contributed by atoms with Gasteiger partial charge in [0, 0.05) is 39.1 Å². The van der Waals surface area contributed by atoms with E-state index >= 15 is 0 Å². The van der Waals surface area contributed by atoms with E-state index in [2.05, 4.69) is 11.4 Å². The Morgan fingerprint density at radius 1 is 1.53 bits per heavy atom. The van der Waals surface area contributed by atoms with E-state index in [1.165, 1.54) is 0 Å². The van der Waals surface area contributed by atoms with Gasteiger partial charge in [-0.2, -0.15) is 5.26 Å². The molecule has 0 aliphatic carbocycles. The number of nitrogens with zero attached hydrogens (tertiary/aromatic N) is 3. The zero-order valence-corrected chi connectivity index (χ0v) is 9.20. The van der Waals surface area contributed by atoms with Crippen LogP contribution in [0.5, 0.6) is 0 Å². The predicted molar refractivity (Wildman–Crippen MR) is 57.2 cm³/mol. The van der Waals surface area contributed by atoms with Crippen LogP contribution in [0.3, 0.4) is 0 Å². The summed E-state index contributed by atoms with van der Waals surface area (Å²) in [4.78, 5) is 15.5. The molecule has 0 aromatic heterocycles. The molecule has 5 heteroatoms. The number of carbonyl (C=O) groups is 1. The van der Waals surface area contributed by atoms with Gasteiger partial charge in [-0.25, -0.2) is 0 Å². The van der Waals surface area contributed by atoms with Crippen molar-refractivity contribution in [3.8, 4) is 6.07 Å². The van der Waals surface area contributed by atoms with E-state index in [0.29, 0.717) is 19.5 Å². The third-order valence-corrected chi connectivity index (χ3v) is 2.48. The Balaban J connectivity index is 2.24. The fourth-order valence-corrected chi connectivity index (χ4v) is 1.57. The molecule has 0 radical (unpaired) electrons. The fourth-order valence-electron chi connectivity index (χ4n) is 1.57. The predicted octanol–water partition coefficient (Wildman–Crippen LogP) is -0.736. The molecule has 5 nitrogen and oxygen atoms in total. The van der Waals surface area contributed by atoms with Gasteiger partial charge in [0.05, 0.1) is 12.6 Å². The molecule has 0 atom stereocenters. The monoisotopic (exact) mass is 210 g/mol. The van der Waals surface area contributed by atoms with Crippen LogP contribution >= 0.6 is 0 Å². The number of amides is 1. The Hall–Kier alpha value is -1.12. The zero-order chi connectivity index (χ0) is 11.1. The van der Waals surface area contributed by atoms with Gasteiger partial charge in [0.1, 0.15) is 0 Å². The summed E-state index contributed by atoms with van der Waals surface area (Å²) >= 11 is 0. The van der Waals surface area contributed by atoms with Crippen LogP contribution < -0.4 is 5.32 Å². The number of hydrogen-bond acceptors (Lipinski definition) is 4. The summed E-state index contributed by atoms with van der Waals surface area (Å²) in [6.45, 7) is 4.44. The average molecular weight is 210 g/mol. The SMILES string of the molecule is CN(CCC#N)CC(=O)N1CCNCC1. The maximum Gasteiger partial charge on any atom is 0.236 e. The summed E-state index contributed by atoms with van der Waals surface area (Å²) in [6.07, 6.45) is 0.478. The Morgan fingerprint density at radius 3 is 2.80 bits per heavy atom. The maximum absolute atomic E-state index is 11.7. The molecule has 0 saturated carbocycles. The standard InChI is InChI=1S/C10H18N4O/c1-13(6-2-3-11)9-10(15)14-7-4-12-5-8-14/h12H,2,4-9H2,1H3. The molecule has 0 aromatic carbocycles. The van der Waals surface area contributed by atoms with Crippen molar-refractivity contribution >= 4 is 5.91 Å². The first kappa shape index (κ1) is 12.0. The Morgan fingerprint density at radius 2 is 2.20 bits per heavy atom. The molecule has 1 amide bonds. The lowest BCUT2D eigenvalue weighted by Crippen LogP contribution is -2.49. The number of likely N-dealkylation sites (N-methyl/N-ethyl adjacent to an activating group) is 1. The first-order valence-corrected chi connectivity index (χ1v) is 5.28. The molecule has 1 heterocycles. The van der Waals surface area contributed by atoms with Crippen molar-refractivity contribution in [2.24, 2.45) is 0 Å². The molecule has 0 unspecified atom stereocenters. The van der Waals surface area contributed by atoms with Crippen molar-refractivity contribution in [3.63, 3.8) is 0 Å². The third kappa shape index (κ3) is 4.28. The minimum absolute atomic E-state index is 0.164. The van der Waals surface area contributed by atoms with E-state index in [9.17, 15) is 4.79 Å². The second-order valence-electron chi connectivity index (χ2n) is 3.78. The summed E-state index contributed by atoms with van der Waals surface area (Å²) in [7, 11) is 1.87. The molecular formula is C10H18N4O. The summed E-state index contributed by atoms with van der Waals surface area (Å²) in [5.41, 5.74) is 0. The van der Waals surface area contributed by atoms with Gasteiger partial charge in [-0.3, -0.25) is 9.69 Å². The van der Waals surface area contributed by atoms with Crippen molar-refractivity contribution in [2.75, 3.05) is 46.3 Å². The van der Waals surface area contributed by atoms with Crippen LogP contribution in [0.2, 0.25) is 0 Å². The van der Waals surface area contributed by atoms with Crippen molar-refractivity contribution in [1.82, 2.24) is 15.1 Å². The van der Waals surface area contributed by atoms with Crippen molar-refractivity contribution in [1.29, 1.82) is 5.26 Å². The number of piperazine rings is 1. The molecule has 15 heavy (non-hydrogen) atoms. The summed E-state index contributed by atoms with van der Waals surface area (Å²) < 4.78 is 0. The Bertz CT molecular complexity index is 242. The Kier molecular flexibility index (Phi) is 5.08. The van der Waals surface area contributed by atoms with Crippen LogP contribution in [0, 0.1) is 11.3 Å². The zero-order valence-electron chi connectivity index (χ0n) is 9.20. The van der Waals surface area contributed by atoms with Gasteiger partial charge >= 0.3 is 0 Å². The molecule has 1 aliphatic rings. The third-order valence-electron chi connectivity index (χ3n) is 2.48. The second-order valence-corrected chi connectivity index (χ2v) is 3.78.